The highest BCUT2D eigenvalue weighted by atomic mass is 35.5. The van der Waals surface area contributed by atoms with Gasteiger partial charge in [-0.25, -0.2) is 0 Å². The molecule has 0 saturated carbocycles. The summed E-state index contributed by atoms with van der Waals surface area (Å²) in [5, 5.41) is 14.9. The van der Waals surface area contributed by atoms with Crippen molar-refractivity contribution in [3.63, 3.8) is 0 Å². The maximum atomic E-state index is 13.6. The molecule has 1 N–H and O–H groups in total. The van der Waals surface area contributed by atoms with Gasteiger partial charge in [0.1, 0.15) is 5.69 Å². The van der Waals surface area contributed by atoms with Crippen LogP contribution in [0.3, 0.4) is 0 Å². The number of anilines is 3. The molecule has 2 atom stereocenters. The molecule has 0 aromatic heterocycles. The molecule has 1 spiro atoms. The van der Waals surface area contributed by atoms with Crippen molar-refractivity contribution >= 4 is 40.3 Å². The van der Waals surface area contributed by atoms with E-state index in [0.717, 1.165) is 16.9 Å². The monoisotopic (exact) mass is 563 g/mol. The smallest absolute Gasteiger partial charge is 0.293 e. The summed E-state index contributed by atoms with van der Waals surface area (Å²) >= 11 is 6.00. The van der Waals surface area contributed by atoms with E-state index in [1.54, 1.807) is 17.0 Å². The number of piperazine rings is 1. The second-order valence-electron chi connectivity index (χ2n) is 10.1. The highest BCUT2D eigenvalue weighted by Crippen LogP contribution is 2.47. The molecule has 40 heavy (non-hydrogen) atoms. The van der Waals surface area contributed by atoms with Gasteiger partial charge >= 0.3 is 0 Å². The number of nitrogens with one attached hydrogen (secondary N) is 1. The summed E-state index contributed by atoms with van der Waals surface area (Å²) in [5.74, 6) is -1.40. The van der Waals surface area contributed by atoms with Gasteiger partial charge in [-0.3, -0.25) is 24.7 Å². The van der Waals surface area contributed by atoms with Gasteiger partial charge < -0.3 is 19.7 Å². The largest absolute Gasteiger partial charge is 0.375 e. The van der Waals surface area contributed by atoms with Crippen molar-refractivity contribution in [1.29, 1.82) is 0 Å². The molecule has 3 aromatic carbocycles. The molecule has 2 saturated heterocycles. The Balaban J connectivity index is 1.13. The van der Waals surface area contributed by atoms with E-state index in [-0.39, 0.29) is 35.1 Å². The summed E-state index contributed by atoms with van der Waals surface area (Å²) in [4.78, 5) is 31.1. The quantitative estimate of drug-likeness (QED) is 0.248. The van der Waals surface area contributed by atoms with Crippen molar-refractivity contribution in [2.45, 2.75) is 18.4 Å². The Morgan fingerprint density at radius 1 is 1.02 bits per heavy atom. The molecule has 3 aromatic rings. The van der Waals surface area contributed by atoms with Crippen molar-refractivity contribution in [2.24, 2.45) is 0 Å². The number of fused-ring (bicyclic) bond motifs is 2. The average molecular weight is 564 g/mol. The average Bonchev–Trinajstić information content (AvgIpc) is 3.53. The molecule has 0 bridgehead atoms. The first kappa shape index (κ1) is 26.5. The van der Waals surface area contributed by atoms with Crippen molar-refractivity contribution in [3.8, 4) is 0 Å². The minimum absolute atomic E-state index is 0.0474. The second kappa shape index (κ2) is 11.1. The number of para-hydroxylation sites is 1. The van der Waals surface area contributed by atoms with Crippen LogP contribution in [-0.4, -0.2) is 67.2 Å². The molecule has 11 heteroatoms. The predicted molar refractivity (Wildman–Crippen MR) is 153 cm³/mol. The highest BCUT2D eigenvalue weighted by molar-refractivity contribution is 6.18. The first-order valence-corrected chi connectivity index (χ1v) is 13.8. The summed E-state index contributed by atoms with van der Waals surface area (Å²) in [6.07, 6.45) is -0.337. The third-order valence-corrected chi connectivity index (χ3v) is 7.98. The number of ether oxygens (including phenoxy) is 2. The Hall–Kier alpha value is -3.70. The van der Waals surface area contributed by atoms with Gasteiger partial charge in [0.05, 0.1) is 35.9 Å². The van der Waals surface area contributed by atoms with Gasteiger partial charge in [-0.05, 0) is 23.8 Å². The fraction of sp³-hybridized carbons (Fsp3) is 0.345. The van der Waals surface area contributed by atoms with Crippen LogP contribution in [0.5, 0.6) is 0 Å². The predicted octanol–water partition coefficient (Wildman–Crippen LogP) is 4.14. The summed E-state index contributed by atoms with van der Waals surface area (Å²) in [6, 6.07) is 22.6. The number of alkyl halides is 1. The van der Waals surface area contributed by atoms with E-state index in [9.17, 15) is 14.9 Å². The van der Waals surface area contributed by atoms with Crippen LogP contribution < -0.4 is 15.1 Å². The lowest BCUT2D eigenvalue weighted by Gasteiger charge is -2.38. The van der Waals surface area contributed by atoms with Crippen molar-refractivity contribution < 1.29 is 19.2 Å². The third-order valence-electron chi connectivity index (χ3n) is 7.63. The zero-order valence-corrected chi connectivity index (χ0v) is 22.6. The van der Waals surface area contributed by atoms with Gasteiger partial charge in [-0.2, -0.15) is 0 Å². The van der Waals surface area contributed by atoms with Crippen molar-refractivity contribution in [3.05, 3.63) is 94.0 Å². The molecule has 2 fully saturated rings. The number of rotatable bonds is 8. The molecular weight excluding hydrogens is 534 g/mol. The van der Waals surface area contributed by atoms with Crippen LogP contribution in [0, 0.1) is 10.1 Å². The SMILES string of the molecule is O=C1N(CN2CCN(c3ccc([N+](=O)[O-])c(NCc4ccccc4)c3)CC2)c2ccccc2[C@]12OC[C@H](CCl)O2. The second-order valence-corrected chi connectivity index (χ2v) is 10.4. The third kappa shape index (κ3) is 4.88. The lowest BCUT2D eigenvalue weighted by molar-refractivity contribution is -0.384. The van der Waals surface area contributed by atoms with Gasteiger partial charge in [0, 0.05) is 50.0 Å². The number of hydrogen-bond donors (Lipinski definition) is 1. The number of nitro groups is 1. The maximum Gasteiger partial charge on any atom is 0.293 e. The zero-order valence-electron chi connectivity index (χ0n) is 21.9. The van der Waals surface area contributed by atoms with Gasteiger partial charge in [-0.1, -0.05) is 48.5 Å². The highest BCUT2D eigenvalue weighted by Gasteiger charge is 2.58. The molecule has 1 amide bonds. The van der Waals surface area contributed by atoms with Crippen LogP contribution in [-0.2, 0) is 26.6 Å². The van der Waals surface area contributed by atoms with E-state index in [1.165, 1.54) is 0 Å². The molecule has 6 rings (SSSR count). The summed E-state index contributed by atoms with van der Waals surface area (Å²) in [6.45, 7) is 4.04. The summed E-state index contributed by atoms with van der Waals surface area (Å²) in [7, 11) is 0. The summed E-state index contributed by atoms with van der Waals surface area (Å²) < 4.78 is 12.0. The van der Waals surface area contributed by atoms with Gasteiger partial charge in [0.15, 0.2) is 0 Å². The molecule has 0 unspecified atom stereocenters. The van der Waals surface area contributed by atoms with Crippen molar-refractivity contribution in [1.82, 2.24) is 4.90 Å². The Morgan fingerprint density at radius 3 is 2.50 bits per heavy atom. The van der Waals surface area contributed by atoms with Crippen LogP contribution in [0.25, 0.3) is 0 Å². The molecule has 10 nitrogen and oxygen atoms in total. The number of halogens is 1. The Bertz CT molecular complexity index is 1400. The van der Waals surface area contributed by atoms with Crippen LogP contribution in [0.4, 0.5) is 22.7 Å². The number of carbonyl (C=O) groups excluding carboxylic acids is 1. The summed E-state index contributed by atoms with van der Waals surface area (Å²) in [5.41, 5.74) is 4.00. The van der Waals surface area contributed by atoms with Gasteiger partial charge in [0.2, 0.25) is 0 Å². The first-order valence-electron chi connectivity index (χ1n) is 13.3. The molecular formula is C29H30ClN5O5. The van der Waals surface area contributed by atoms with Crippen molar-refractivity contribution in [2.75, 3.05) is 60.5 Å². The standard InChI is InChI=1S/C29H30ClN5O5/c30-17-23-19-39-29(40-23)24-8-4-5-9-26(24)34(28(29)36)20-32-12-14-33(15-13-32)22-10-11-27(35(37)38)25(16-22)31-18-21-6-2-1-3-7-21/h1-11,16,23,31H,12-15,17-20H2/t23-,29+/m0/s1. The molecule has 3 aliphatic rings. The Labute approximate surface area is 237 Å². The van der Waals surface area contributed by atoms with Gasteiger partial charge in [0.25, 0.3) is 17.4 Å². The van der Waals surface area contributed by atoms with Crippen LogP contribution >= 0.6 is 11.6 Å². The van der Waals surface area contributed by atoms with Crippen LogP contribution in [0.15, 0.2) is 72.8 Å². The molecule has 0 radical (unpaired) electrons. The van der Waals surface area contributed by atoms with Gasteiger partial charge in [-0.15, -0.1) is 11.6 Å². The first-order chi connectivity index (χ1) is 19.5. The van der Waals surface area contributed by atoms with E-state index in [1.807, 2.05) is 60.7 Å². The number of hydrogen-bond acceptors (Lipinski definition) is 8. The van der Waals surface area contributed by atoms with E-state index in [2.05, 4.69) is 15.1 Å². The van der Waals surface area contributed by atoms with E-state index < -0.39 is 5.79 Å². The minimum atomic E-state index is -1.43. The van der Waals surface area contributed by atoms with Crippen LogP contribution in [0.2, 0.25) is 0 Å². The lowest BCUT2D eigenvalue weighted by Crippen LogP contribution is -2.52. The van der Waals surface area contributed by atoms with E-state index in [0.29, 0.717) is 50.6 Å². The number of nitro benzene ring substituents is 1. The molecule has 3 aliphatic heterocycles. The fourth-order valence-corrected chi connectivity index (χ4v) is 5.69. The molecule has 208 valence electrons. The van der Waals surface area contributed by atoms with E-state index >= 15 is 0 Å². The zero-order chi connectivity index (χ0) is 27.7. The van der Waals surface area contributed by atoms with E-state index in [4.69, 9.17) is 21.1 Å². The number of benzene rings is 3. The minimum Gasteiger partial charge on any atom is -0.375 e. The number of nitrogens with zero attached hydrogens (tertiary/aromatic N) is 4. The normalized spacial score (nSPS) is 22.6. The Morgan fingerprint density at radius 2 is 1.77 bits per heavy atom. The molecule has 0 aliphatic carbocycles. The van der Waals surface area contributed by atoms with Crippen LogP contribution in [0.1, 0.15) is 11.1 Å². The topological polar surface area (TPSA) is 100 Å². The Kier molecular flexibility index (Phi) is 7.33. The fourth-order valence-electron chi connectivity index (χ4n) is 5.53. The number of amides is 1. The lowest BCUT2D eigenvalue weighted by atomic mass is 10.1. The maximum absolute atomic E-state index is 13.6. The number of carbonyl (C=O) groups is 1. The molecule has 3 heterocycles.